The smallest absolute Gasteiger partial charge is 0.128 e. The van der Waals surface area contributed by atoms with E-state index in [0.717, 1.165) is 54.5 Å². The Kier molecular flexibility index (Phi) is 8.26. The first-order valence-corrected chi connectivity index (χ1v) is 14.6. The molecule has 0 unspecified atom stereocenters. The van der Waals surface area contributed by atoms with Gasteiger partial charge in [0.1, 0.15) is 5.82 Å². The maximum absolute atomic E-state index is 4.93. The van der Waals surface area contributed by atoms with E-state index in [-0.39, 0.29) is 0 Å². The number of fused-ring (bicyclic) bond motifs is 1. The van der Waals surface area contributed by atoms with Crippen LogP contribution in [-0.2, 0) is 0 Å². The van der Waals surface area contributed by atoms with Gasteiger partial charge in [-0.2, -0.15) is 0 Å². The number of aromatic amines is 1. The number of nitrogens with zero attached hydrogens (tertiary/aromatic N) is 6. The highest BCUT2D eigenvalue weighted by atomic mass is 15.4. The van der Waals surface area contributed by atoms with Crippen molar-refractivity contribution in [3.05, 3.63) is 65.6 Å². The van der Waals surface area contributed by atoms with Crippen molar-refractivity contribution in [3.63, 3.8) is 0 Å². The molecule has 7 heteroatoms. The fourth-order valence-electron chi connectivity index (χ4n) is 6.03. The van der Waals surface area contributed by atoms with Crippen molar-refractivity contribution in [2.24, 2.45) is 0 Å². The molecular formula is C33H46N7+. The Balaban J connectivity index is 1.31. The van der Waals surface area contributed by atoms with E-state index in [1.54, 1.807) is 0 Å². The predicted molar refractivity (Wildman–Crippen MR) is 168 cm³/mol. The SMILES string of the molecule is Cc1cc(-c2[nH]c3cc(-c4ccc(N5CC[N+](CCN(C)C)(CCN(C)C)CC5)nc4)ccc3c2C)cc(C)n1. The molecule has 0 bridgehead atoms. The fraction of sp³-hybridized carbons (Fsp3) is 0.455. The van der Waals surface area contributed by atoms with Gasteiger partial charge < -0.3 is 24.2 Å². The van der Waals surface area contributed by atoms with Crippen LogP contribution in [0.2, 0.25) is 0 Å². The van der Waals surface area contributed by atoms with Crippen molar-refractivity contribution in [2.45, 2.75) is 20.8 Å². The molecule has 40 heavy (non-hydrogen) atoms. The van der Waals surface area contributed by atoms with Crippen molar-refractivity contribution in [1.29, 1.82) is 0 Å². The number of likely N-dealkylation sites (N-methyl/N-ethyl adjacent to an activating group) is 2. The minimum absolute atomic E-state index is 1.04. The summed E-state index contributed by atoms with van der Waals surface area (Å²) in [4.78, 5) is 20.3. The molecule has 0 spiro atoms. The Bertz CT molecular complexity index is 1410. The number of hydrogen-bond donors (Lipinski definition) is 1. The van der Waals surface area contributed by atoms with E-state index in [2.05, 4.69) is 116 Å². The molecule has 3 aromatic heterocycles. The minimum Gasteiger partial charge on any atom is -0.354 e. The lowest BCUT2D eigenvalue weighted by atomic mass is 10.0. The van der Waals surface area contributed by atoms with Crippen molar-refractivity contribution < 1.29 is 4.48 Å². The Morgan fingerprint density at radius 1 is 0.800 bits per heavy atom. The van der Waals surface area contributed by atoms with Gasteiger partial charge >= 0.3 is 0 Å². The molecular weight excluding hydrogens is 494 g/mol. The lowest BCUT2D eigenvalue weighted by Crippen LogP contribution is -2.63. The van der Waals surface area contributed by atoms with Crippen LogP contribution in [0.1, 0.15) is 17.0 Å². The monoisotopic (exact) mass is 540 g/mol. The number of quaternary nitrogens is 1. The first kappa shape index (κ1) is 28.3. The summed E-state index contributed by atoms with van der Waals surface area (Å²) in [6, 6.07) is 15.4. The van der Waals surface area contributed by atoms with Crippen LogP contribution in [0.25, 0.3) is 33.3 Å². The van der Waals surface area contributed by atoms with Gasteiger partial charge in [0, 0.05) is 58.4 Å². The van der Waals surface area contributed by atoms with Crippen molar-refractivity contribution >= 4 is 16.7 Å². The third kappa shape index (κ3) is 6.22. The number of aromatic nitrogens is 3. The molecule has 0 atom stereocenters. The van der Waals surface area contributed by atoms with E-state index < -0.39 is 0 Å². The van der Waals surface area contributed by atoms with E-state index in [1.807, 2.05) is 6.20 Å². The molecule has 0 saturated carbocycles. The number of H-pyrrole nitrogens is 1. The van der Waals surface area contributed by atoms with Gasteiger partial charge in [-0.25, -0.2) is 4.98 Å². The zero-order chi connectivity index (χ0) is 28.4. The second kappa shape index (κ2) is 11.7. The number of anilines is 1. The fourth-order valence-corrected chi connectivity index (χ4v) is 6.03. The number of nitrogens with one attached hydrogen (secondary N) is 1. The first-order chi connectivity index (χ1) is 19.1. The van der Waals surface area contributed by atoms with Gasteiger partial charge in [-0.1, -0.05) is 12.1 Å². The number of piperazine rings is 1. The summed E-state index contributed by atoms with van der Waals surface area (Å²) in [5, 5.41) is 1.26. The molecule has 4 aromatic rings. The number of pyridine rings is 2. The molecule has 1 N–H and O–H groups in total. The van der Waals surface area contributed by atoms with Gasteiger partial charge in [0.2, 0.25) is 0 Å². The van der Waals surface area contributed by atoms with Crippen LogP contribution < -0.4 is 4.90 Å². The zero-order valence-electron chi connectivity index (χ0n) is 25.5. The molecule has 7 nitrogen and oxygen atoms in total. The van der Waals surface area contributed by atoms with Crippen LogP contribution in [0.4, 0.5) is 5.82 Å². The maximum Gasteiger partial charge on any atom is 0.128 e. The van der Waals surface area contributed by atoms with Crippen molar-refractivity contribution in [2.75, 3.05) is 85.4 Å². The maximum atomic E-state index is 4.93. The Labute approximate surface area is 240 Å². The quantitative estimate of drug-likeness (QED) is 0.304. The van der Waals surface area contributed by atoms with Gasteiger partial charge in [-0.3, -0.25) is 4.98 Å². The van der Waals surface area contributed by atoms with Crippen LogP contribution in [-0.4, -0.2) is 110 Å². The average Bonchev–Trinajstić information content (AvgIpc) is 3.26. The molecule has 1 fully saturated rings. The Morgan fingerprint density at radius 3 is 2.00 bits per heavy atom. The molecule has 0 amide bonds. The summed E-state index contributed by atoms with van der Waals surface area (Å²) in [5.41, 5.74) is 9.21. The van der Waals surface area contributed by atoms with Crippen LogP contribution >= 0.6 is 0 Å². The summed E-state index contributed by atoms with van der Waals surface area (Å²) in [6.45, 7) is 15.5. The van der Waals surface area contributed by atoms with E-state index in [0.29, 0.717) is 0 Å². The number of hydrogen-bond acceptors (Lipinski definition) is 5. The highest BCUT2D eigenvalue weighted by Gasteiger charge is 2.33. The van der Waals surface area contributed by atoms with Gasteiger partial charge in [-0.05, 0) is 90.4 Å². The van der Waals surface area contributed by atoms with Crippen molar-refractivity contribution in [1.82, 2.24) is 24.8 Å². The topological polar surface area (TPSA) is 51.3 Å². The van der Waals surface area contributed by atoms with E-state index in [1.165, 1.54) is 58.4 Å². The third-order valence-electron chi connectivity index (χ3n) is 8.57. The first-order valence-electron chi connectivity index (χ1n) is 14.6. The van der Waals surface area contributed by atoms with Gasteiger partial charge in [0.15, 0.2) is 0 Å². The number of benzene rings is 1. The molecule has 5 rings (SSSR count). The molecule has 1 aromatic carbocycles. The molecule has 1 saturated heterocycles. The van der Waals surface area contributed by atoms with E-state index in [9.17, 15) is 0 Å². The van der Waals surface area contributed by atoms with Gasteiger partial charge in [-0.15, -0.1) is 0 Å². The number of aryl methyl sites for hydroxylation is 3. The Morgan fingerprint density at radius 2 is 1.43 bits per heavy atom. The molecule has 1 aliphatic rings. The van der Waals surface area contributed by atoms with E-state index >= 15 is 0 Å². The largest absolute Gasteiger partial charge is 0.354 e. The highest BCUT2D eigenvalue weighted by Crippen LogP contribution is 2.33. The average molecular weight is 541 g/mol. The second-order valence-electron chi connectivity index (χ2n) is 12.3. The minimum atomic E-state index is 1.04. The normalized spacial score (nSPS) is 15.5. The van der Waals surface area contributed by atoms with Crippen LogP contribution in [0, 0.1) is 20.8 Å². The molecule has 212 valence electrons. The predicted octanol–water partition coefficient (Wildman–Crippen LogP) is 4.98. The molecule has 0 aliphatic carbocycles. The highest BCUT2D eigenvalue weighted by molar-refractivity contribution is 5.93. The Hall–Kier alpha value is -3.26. The lowest BCUT2D eigenvalue weighted by Gasteiger charge is -2.46. The van der Waals surface area contributed by atoms with Crippen molar-refractivity contribution in [3.8, 4) is 22.4 Å². The van der Waals surface area contributed by atoms with Crippen LogP contribution in [0.15, 0.2) is 48.7 Å². The standard InChI is InChI=1S/C33H46N7/c1-24-20-29(21-25(2)35-24)33-26(3)30-10-8-27(22-31(30)36-33)28-9-11-32(34-23-28)39-14-18-40(19-15-39,16-12-37(4)5)17-13-38(6)7/h8-11,20-23,36H,12-19H2,1-7H3/q+1. The summed E-state index contributed by atoms with van der Waals surface area (Å²) in [7, 11) is 8.72. The zero-order valence-corrected chi connectivity index (χ0v) is 25.5. The van der Waals surface area contributed by atoms with E-state index in [4.69, 9.17) is 4.98 Å². The second-order valence-corrected chi connectivity index (χ2v) is 12.3. The van der Waals surface area contributed by atoms with Gasteiger partial charge in [0.05, 0.1) is 39.3 Å². The summed E-state index contributed by atoms with van der Waals surface area (Å²) in [6.07, 6.45) is 2.04. The molecule has 0 radical (unpaired) electrons. The number of rotatable bonds is 9. The van der Waals surface area contributed by atoms with Gasteiger partial charge in [0.25, 0.3) is 0 Å². The lowest BCUT2D eigenvalue weighted by molar-refractivity contribution is -0.927. The molecule has 4 heterocycles. The molecule has 1 aliphatic heterocycles. The summed E-state index contributed by atoms with van der Waals surface area (Å²) < 4.78 is 1.20. The van der Waals surface area contributed by atoms with Crippen LogP contribution in [0.3, 0.4) is 0 Å². The van der Waals surface area contributed by atoms with Crippen LogP contribution in [0.5, 0.6) is 0 Å². The summed E-state index contributed by atoms with van der Waals surface area (Å²) in [5.74, 6) is 1.09. The summed E-state index contributed by atoms with van der Waals surface area (Å²) >= 11 is 0. The third-order valence-corrected chi connectivity index (χ3v) is 8.57.